The van der Waals surface area contributed by atoms with Crippen molar-refractivity contribution in [3.8, 4) is 5.69 Å². The highest BCUT2D eigenvalue weighted by Crippen LogP contribution is 2.23. The Morgan fingerprint density at radius 1 is 1.22 bits per heavy atom. The van der Waals surface area contributed by atoms with Crippen LogP contribution in [0.3, 0.4) is 0 Å². The Labute approximate surface area is 134 Å². The smallest absolute Gasteiger partial charge is 0.318 e. The van der Waals surface area contributed by atoms with Crippen LogP contribution in [0.1, 0.15) is 23.9 Å². The largest absolute Gasteiger partial charge is 0.328 e. The summed E-state index contributed by atoms with van der Waals surface area (Å²) >= 11 is 0. The maximum absolute atomic E-state index is 12.2. The number of aryl methyl sites for hydroxylation is 1. The lowest BCUT2D eigenvalue weighted by molar-refractivity contribution is -0.122. The third-order valence-electron chi connectivity index (χ3n) is 3.97. The number of likely N-dealkylation sites (N-methyl/N-ethyl adjacent to an activating group) is 1. The van der Waals surface area contributed by atoms with E-state index in [1.54, 1.807) is 25.4 Å². The number of pyridine rings is 1. The van der Waals surface area contributed by atoms with E-state index in [9.17, 15) is 9.59 Å². The first-order valence-corrected chi connectivity index (χ1v) is 7.46. The number of rotatable bonds is 3. The maximum Gasteiger partial charge on any atom is 0.328 e. The quantitative estimate of drug-likeness (QED) is 0.699. The van der Waals surface area contributed by atoms with Gasteiger partial charge in [0, 0.05) is 36.0 Å². The predicted octanol–water partition coefficient (Wildman–Crippen LogP) is 2.40. The molecule has 1 N–H and O–H groups in total. The Kier molecular flexibility index (Phi) is 3.73. The van der Waals surface area contributed by atoms with Crippen LogP contribution >= 0.6 is 0 Å². The summed E-state index contributed by atoms with van der Waals surface area (Å²) < 4.78 is 2.09. The zero-order valence-electron chi connectivity index (χ0n) is 13.3. The van der Waals surface area contributed by atoms with Gasteiger partial charge in [-0.25, -0.2) is 4.79 Å². The predicted molar refractivity (Wildman–Crippen MR) is 86.9 cm³/mol. The normalized spacial score (nSPS) is 16.3. The highest BCUT2D eigenvalue weighted by atomic mass is 16.2. The molecule has 0 aliphatic carbocycles. The molecule has 0 atom stereocenters. The molecule has 1 fully saturated rings. The fourth-order valence-electron chi connectivity index (χ4n) is 2.84. The minimum Gasteiger partial charge on any atom is -0.318 e. The van der Waals surface area contributed by atoms with E-state index in [-0.39, 0.29) is 11.9 Å². The number of hydrogen-bond donors (Lipinski definition) is 1. The first-order valence-electron chi connectivity index (χ1n) is 7.46. The number of carbonyl (C=O) groups is 2. The highest BCUT2D eigenvalue weighted by molar-refractivity contribution is 6.14. The summed E-state index contributed by atoms with van der Waals surface area (Å²) in [6.45, 7) is 6.12. The molecular weight excluding hydrogens is 292 g/mol. The van der Waals surface area contributed by atoms with Crippen LogP contribution in [-0.4, -0.2) is 32.9 Å². The van der Waals surface area contributed by atoms with Crippen molar-refractivity contribution in [2.24, 2.45) is 0 Å². The Balaban J connectivity index is 2.02. The van der Waals surface area contributed by atoms with Gasteiger partial charge in [-0.2, -0.15) is 0 Å². The molecule has 0 spiro atoms. The molecule has 0 bridgehead atoms. The monoisotopic (exact) mass is 310 g/mol. The van der Waals surface area contributed by atoms with Gasteiger partial charge in [-0.05, 0) is 50.6 Å². The first-order chi connectivity index (χ1) is 11.0. The van der Waals surface area contributed by atoms with Gasteiger partial charge in [-0.15, -0.1) is 0 Å². The SMILES string of the molecule is CCN1C(=O)NC(=Cc2cc(C)n(-c3ccncc3)c2C)C1=O. The second kappa shape index (κ2) is 5.72. The molecular formula is C17H18N4O2. The molecule has 2 aromatic heterocycles. The van der Waals surface area contributed by atoms with Gasteiger partial charge in [-0.1, -0.05) is 0 Å². The van der Waals surface area contributed by atoms with Crippen LogP contribution in [0.25, 0.3) is 11.8 Å². The van der Waals surface area contributed by atoms with Crippen molar-refractivity contribution >= 4 is 18.0 Å². The summed E-state index contributed by atoms with van der Waals surface area (Å²) in [5, 5.41) is 2.63. The number of imide groups is 1. The average molecular weight is 310 g/mol. The van der Waals surface area contributed by atoms with Crippen molar-refractivity contribution in [1.29, 1.82) is 0 Å². The topological polar surface area (TPSA) is 67.2 Å². The molecule has 1 aliphatic rings. The fraction of sp³-hybridized carbons (Fsp3) is 0.235. The van der Waals surface area contributed by atoms with Crippen LogP contribution in [0.4, 0.5) is 4.79 Å². The standard InChI is InChI=1S/C17H18N4O2/c1-4-20-16(22)15(19-17(20)23)10-13-9-11(2)21(12(13)3)14-5-7-18-8-6-14/h5-10H,4H2,1-3H3,(H,19,23). The van der Waals surface area contributed by atoms with Crippen molar-refractivity contribution in [3.05, 3.63) is 53.2 Å². The fourth-order valence-corrected chi connectivity index (χ4v) is 2.84. The molecule has 118 valence electrons. The lowest BCUT2D eigenvalue weighted by atomic mass is 10.2. The lowest BCUT2D eigenvalue weighted by Crippen LogP contribution is -2.30. The van der Waals surface area contributed by atoms with E-state index in [1.165, 1.54) is 4.90 Å². The Morgan fingerprint density at radius 2 is 1.91 bits per heavy atom. The van der Waals surface area contributed by atoms with E-state index in [0.717, 1.165) is 22.6 Å². The van der Waals surface area contributed by atoms with Crippen LogP contribution in [0.2, 0.25) is 0 Å². The third-order valence-corrected chi connectivity index (χ3v) is 3.97. The van der Waals surface area contributed by atoms with Crippen molar-refractivity contribution < 1.29 is 9.59 Å². The Morgan fingerprint density at radius 3 is 2.52 bits per heavy atom. The number of amides is 3. The molecule has 0 aromatic carbocycles. The molecule has 1 saturated heterocycles. The highest BCUT2D eigenvalue weighted by Gasteiger charge is 2.32. The summed E-state index contributed by atoms with van der Waals surface area (Å²) in [6.07, 6.45) is 5.22. The molecule has 6 nitrogen and oxygen atoms in total. The lowest BCUT2D eigenvalue weighted by Gasteiger charge is -2.09. The summed E-state index contributed by atoms with van der Waals surface area (Å²) in [5.74, 6) is -0.286. The first kappa shape index (κ1) is 15.0. The van der Waals surface area contributed by atoms with Crippen LogP contribution in [0.15, 0.2) is 36.3 Å². The minimum absolute atomic E-state index is 0.286. The van der Waals surface area contributed by atoms with E-state index in [4.69, 9.17) is 0 Å². The number of aromatic nitrogens is 2. The van der Waals surface area contributed by atoms with E-state index in [0.29, 0.717) is 12.2 Å². The van der Waals surface area contributed by atoms with Gasteiger partial charge in [0.2, 0.25) is 0 Å². The number of nitrogens with zero attached hydrogens (tertiary/aromatic N) is 3. The van der Waals surface area contributed by atoms with E-state index in [1.807, 2.05) is 32.0 Å². The number of urea groups is 1. The zero-order chi connectivity index (χ0) is 16.6. The Bertz CT molecular complexity index is 806. The van der Waals surface area contributed by atoms with Crippen LogP contribution in [0, 0.1) is 13.8 Å². The minimum atomic E-state index is -0.369. The molecule has 6 heteroatoms. The molecule has 1 aliphatic heterocycles. The van der Waals surface area contributed by atoms with Gasteiger partial charge in [0.15, 0.2) is 0 Å². The molecule has 3 rings (SSSR count). The Hall–Kier alpha value is -2.89. The second-order valence-electron chi connectivity index (χ2n) is 5.40. The third kappa shape index (κ3) is 2.52. The van der Waals surface area contributed by atoms with Gasteiger partial charge in [0.1, 0.15) is 5.70 Å². The van der Waals surface area contributed by atoms with Gasteiger partial charge in [-0.3, -0.25) is 14.7 Å². The van der Waals surface area contributed by atoms with E-state index < -0.39 is 0 Å². The number of nitrogens with one attached hydrogen (secondary N) is 1. The summed E-state index contributed by atoms with van der Waals surface area (Å²) in [6, 6.07) is 5.49. The van der Waals surface area contributed by atoms with E-state index >= 15 is 0 Å². The number of carbonyl (C=O) groups excluding carboxylic acids is 2. The van der Waals surface area contributed by atoms with Crippen molar-refractivity contribution in [2.45, 2.75) is 20.8 Å². The van der Waals surface area contributed by atoms with Crippen LogP contribution in [-0.2, 0) is 4.79 Å². The molecule has 2 aromatic rings. The van der Waals surface area contributed by atoms with Crippen molar-refractivity contribution in [2.75, 3.05) is 6.54 Å². The maximum atomic E-state index is 12.2. The van der Waals surface area contributed by atoms with Crippen molar-refractivity contribution in [3.63, 3.8) is 0 Å². The zero-order valence-corrected chi connectivity index (χ0v) is 13.3. The van der Waals surface area contributed by atoms with Gasteiger partial charge in [0.05, 0.1) is 0 Å². The second-order valence-corrected chi connectivity index (χ2v) is 5.40. The summed E-state index contributed by atoms with van der Waals surface area (Å²) in [5.41, 5.74) is 4.27. The van der Waals surface area contributed by atoms with Gasteiger partial charge < -0.3 is 9.88 Å². The van der Waals surface area contributed by atoms with Gasteiger partial charge in [0.25, 0.3) is 5.91 Å². The molecule has 3 amide bonds. The van der Waals surface area contributed by atoms with Crippen LogP contribution in [0.5, 0.6) is 0 Å². The summed E-state index contributed by atoms with van der Waals surface area (Å²) in [4.78, 5) is 29.1. The molecule has 0 saturated carbocycles. The van der Waals surface area contributed by atoms with Gasteiger partial charge >= 0.3 is 6.03 Å². The average Bonchev–Trinajstić information content (AvgIpc) is 2.96. The molecule has 0 unspecified atom stereocenters. The molecule has 23 heavy (non-hydrogen) atoms. The molecule has 3 heterocycles. The molecule has 0 radical (unpaired) electrons. The summed E-state index contributed by atoms with van der Waals surface area (Å²) in [7, 11) is 0. The van der Waals surface area contributed by atoms with Crippen LogP contribution < -0.4 is 5.32 Å². The van der Waals surface area contributed by atoms with Crippen molar-refractivity contribution in [1.82, 2.24) is 19.8 Å². The number of hydrogen-bond acceptors (Lipinski definition) is 3. The van der Waals surface area contributed by atoms with E-state index in [2.05, 4.69) is 14.9 Å².